The molecule has 0 saturated carbocycles. The molecule has 0 fully saturated rings. The van der Waals surface area contributed by atoms with Gasteiger partial charge in [-0.15, -0.1) is 0 Å². The molecule has 2 rings (SSSR count). The van der Waals surface area contributed by atoms with Crippen LogP contribution in [0, 0.1) is 20.2 Å². The van der Waals surface area contributed by atoms with E-state index in [2.05, 4.69) is 0 Å². The third kappa shape index (κ3) is 3.47. The molecule has 25 heavy (non-hydrogen) atoms. The summed E-state index contributed by atoms with van der Waals surface area (Å²) in [4.78, 5) is 16.7. The van der Waals surface area contributed by atoms with Crippen molar-refractivity contribution in [3.05, 3.63) is 62.7 Å². The van der Waals surface area contributed by atoms with Crippen LogP contribution in [0.15, 0.2) is 57.2 Å². The van der Waals surface area contributed by atoms with Gasteiger partial charge in [0.1, 0.15) is 9.79 Å². The molecule has 0 spiro atoms. The summed E-state index contributed by atoms with van der Waals surface area (Å²) in [6, 6.07) is 5.70. The Morgan fingerprint density at radius 2 is 1.40 bits per heavy atom. The van der Waals surface area contributed by atoms with Gasteiger partial charge in [-0.05, 0) is 12.1 Å². The van der Waals surface area contributed by atoms with Crippen molar-refractivity contribution in [3.63, 3.8) is 0 Å². The van der Waals surface area contributed by atoms with E-state index in [1.807, 2.05) is 0 Å². The number of nitrogens with zero attached hydrogens (tertiary/aromatic N) is 2. The van der Waals surface area contributed by atoms with Gasteiger partial charge in [-0.2, -0.15) is 8.42 Å². The summed E-state index contributed by atoms with van der Waals surface area (Å²) in [7, 11) is -9.94. The van der Waals surface area contributed by atoms with Crippen LogP contribution in [0.3, 0.4) is 0 Å². The number of benzene rings is 2. The van der Waals surface area contributed by atoms with E-state index in [0.29, 0.717) is 18.2 Å². The van der Waals surface area contributed by atoms with E-state index in [1.54, 1.807) is 0 Å². The lowest BCUT2D eigenvalue weighted by atomic mass is 10.3. The Labute approximate surface area is 140 Å². The minimum absolute atomic E-state index is 0.412. The largest absolute Gasteiger partial charge is 0.295 e. The third-order valence-corrected chi connectivity index (χ3v) is 5.94. The number of hydrogen-bond acceptors (Lipinski definition) is 8. The lowest BCUT2D eigenvalue weighted by molar-refractivity contribution is -0.387. The lowest BCUT2D eigenvalue weighted by Gasteiger charge is -2.09. The van der Waals surface area contributed by atoms with E-state index in [-0.39, 0.29) is 0 Å². The van der Waals surface area contributed by atoms with Crippen LogP contribution in [0.25, 0.3) is 0 Å². The molecule has 0 aliphatic carbocycles. The molecule has 0 aliphatic rings. The minimum Gasteiger partial charge on any atom is -0.282 e. The first-order valence-corrected chi connectivity index (χ1v) is 9.13. The minimum atomic E-state index is -5.07. The normalized spacial score (nSPS) is 11.9. The second-order valence-corrected chi connectivity index (χ2v) is 7.87. The molecule has 0 radical (unpaired) electrons. The molecule has 0 amide bonds. The molecule has 0 unspecified atom stereocenters. The van der Waals surface area contributed by atoms with Gasteiger partial charge in [-0.3, -0.25) is 24.8 Å². The molecule has 0 aliphatic heterocycles. The summed E-state index contributed by atoms with van der Waals surface area (Å²) in [5.41, 5.74) is -1.63. The first-order chi connectivity index (χ1) is 11.5. The monoisotopic (exact) mass is 388 g/mol. The molecule has 0 heterocycles. The van der Waals surface area contributed by atoms with Gasteiger partial charge in [0.2, 0.25) is 9.84 Å². The second-order valence-electron chi connectivity index (χ2n) is 4.59. The fourth-order valence-corrected chi connectivity index (χ4v) is 4.71. The zero-order valence-electron chi connectivity index (χ0n) is 12.0. The number of nitro groups is 2. The number of hydrogen-bond donors (Lipinski definition) is 1. The van der Waals surface area contributed by atoms with Crippen molar-refractivity contribution in [2.45, 2.75) is 14.7 Å². The SMILES string of the molecule is O=[N+]([O-])c1ccc(S(=O)(=O)O)c(S(=O)(=O)c2ccccc2[N+](=O)[O-])c1. The first kappa shape index (κ1) is 18.4. The highest BCUT2D eigenvalue weighted by atomic mass is 32.2. The molecule has 11 nitrogen and oxygen atoms in total. The van der Waals surface area contributed by atoms with Crippen molar-refractivity contribution in [2.75, 3.05) is 0 Å². The summed E-state index contributed by atoms with van der Waals surface area (Å²) in [5.74, 6) is 0. The topological polar surface area (TPSA) is 175 Å². The van der Waals surface area contributed by atoms with E-state index < -0.39 is 55.9 Å². The van der Waals surface area contributed by atoms with Gasteiger partial charge in [0.25, 0.3) is 21.5 Å². The van der Waals surface area contributed by atoms with Crippen molar-refractivity contribution in [3.8, 4) is 0 Å². The Hall–Kier alpha value is -2.90. The standard InChI is InChI=1S/C12H8N2O9S2/c15-13(16)8-5-6-11(25(21,22)23)12(7-8)24(19,20)10-4-2-1-3-9(10)14(17)18/h1-7H,(H,21,22,23). The van der Waals surface area contributed by atoms with Gasteiger partial charge in [0.05, 0.1) is 14.7 Å². The maximum Gasteiger partial charge on any atom is 0.295 e. The maximum atomic E-state index is 12.7. The molecule has 2 aromatic carbocycles. The van der Waals surface area contributed by atoms with Crippen LogP contribution in [0.1, 0.15) is 0 Å². The summed E-state index contributed by atoms with van der Waals surface area (Å²) < 4.78 is 57.4. The van der Waals surface area contributed by atoms with E-state index in [4.69, 9.17) is 0 Å². The number of nitro benzene ring substituents is 2. The predicted octanol–water partition coefficient (Wildman–Crippen LogP) is 1.58. The molecular formula is C12H8N2O9S2. The van der Waals surface area contributed by atoms with Crippen molar-refractivity contribution in [2.24, 2.45) is 0 Å². The average molecular weight is 388 g/mol. The van der Waals surface area contributed by atoms with E-state index in [0.717, 1.165) is 18.2 Å². The van der Waals surface area contributed by atoms with E-state index >= 15 is 0 Å². The van der Waals surface area contributed by atoms with Crippen molar-refractivity contribution >= 4 is 31.3 Å². The fourth-order valence-electron chi connectivity index (χ4n) is 1.99. The number of rotatable bonds is 5. The summed E-state index contributed by atoms with van der Waals surface area (Å²) in [5, 5.41) is 21.9. The molecule has 2 aromatic rings. The average Bonchev–Trinajstić information content (AvgIpc) is 2.53. The lowest BCUT2D eigenvalue weighted by Crippen LogP contribution is -2.12. The van der Waals surface area contributed by atoms with Gasteiger partial charge in [0, 0.05) is 18.2 Å². The van der Waals surface area contributed by atoms with Gasteiger partial charge < -0.3 is 0 Å². The maximum absolute atomic E-state index is 12.7. The van der Waals surface area contributed by atoms with Crippen LogP contribution in [0.2, 0.25) is 0 Å². The van der Waals surface area contributed by atoms with Crippen LogP contribution in [0.5, 0.6) is 0 Å². The van der Waals surface area contributed by atoms with Crippen molar-refractivity contribution in [1.82, 2.24) is 0 Å². The Bertz CT molecular complexity index is 1090. The van der Waals surface area contributed by atoms with Gasteiger partial charge in [-0.25, -0.2) is 8.42 Å². The Morgan fingerprint density at radius 1 is 0.800 bits per heavy atom. The number of para-hydroxylation sites is 1. The highest BCUT2D eigenvalue weighted by molar-refractivity contribution is 7.93. The third-order valence-electron chi connectivity index (χ3n) is 3.06. The van der Waals surface area contributed by atoms with Crippen LogP contribution in [-0.2, 0) is 20.0 Å². The molecule has 0 aromatic heterocycles. The highest BCUT2D eigenvalue weighted by Crippen LogP contribution is 2.34. The molecule has 132 valence electrons. The Kier molecular flexibility index (Phi) is 4.57. The van der Waals surface area contributed by atoms with Gasteiger partial charge >= 0.3 is 0 Å². The molecule has 1 N–H and O–H groups in total. The quantitative estimate of drug-likeness (QED) is 0.452. The number of sulfone groups is 1. The molecular weight excluding hydrogens is 380 g/mol. The smallest absolute Gasteiger partial charge is 0.282 e. The summed E-state index contributed by atoms with van der Waals surface area (Å²) in [6.45, 7) is 0. The molecule has 0 atom stereocenters. The molecule has 0 saturated heterocycles. The summed E-state index contributed by atoms with van der Waals surface area (Å²) >= 11 is 0. The highest BCUT2D eigenvalue weighted by Gasteiger charge is 2.33. The molecule has 0 bridgehead atoms. The summed E-state index contributed by atoms with van der Waals surface area (Å²) in [6.07, 6.45) is 0. The predicted molar refractivity (Wildman–Crippen MR) is 81.5 cm³/mol. The first-order valence-electron chi connectivity index (χ1n) is 6.20. The Balaban J connectivity index is 2.91. The number of non-ortho nitro benzene ring substituents is 1. The van der Waals surface area contributed by atoms with Crippen LogP contribution >= 0.6 is 0 Å². The van der Waals surface area contributed by atoms with Crippen molar-refractivity contribution in [1.29, 1.82) is 0 Å². The zero-order valence-corrected chi connectivity index (χ0v) is 13.6. The zero-order chi connectivity index (χ0) is 19.0. The fraction of sp³-hybridized carbons (Fsp3) is 0. The molecule has 13 heteroatoms. The Morgan fingerprint density at radius 3 is 1.92 bits per heavy atom. The van der Waals surface area contributed by atoms with Crippen LogP contribution < -0.4 is 0 Å². The van der Waals surface area contributed by atoms with Crippen molar-refractivity contribution < 1.29 is 31.2 Å². The van der Waals surface area contributed by atoms with Gasteiger partial charge in [0.15, 0.2) is 0 Å². The van der Waals surface area contributed by atoms with E-state index in [1.165, 1.54) is 6.07 Å². The van der Waals surface area contributed by atoms with E-state index in [9.17, 15) is 41.6 Å². The van der Waals surface area contributed by atoms with Crippen LogP contribution in [-0.4, -0.2) is 31.2 Å². The second kappa shape index (κ2) is 6.19. The van der Waals surface area contributed by atoms with Crippen LogP contribution in [0.4, 0.5) is 11.4 Å². The van der Waals surface area contributed by atoms with Gasteiger partial charge in [-0.1, -0.05) is 12.1 Å².